The molecule has 0 spiro atoms. The van der Waals surface area contributed by atoms with Crippen LogP contribution in [-0.4, -0.2) is 21.6 Å². The fraction of sp³-hybridized carbons (Fsp3) is 0.278. The van der Waals surface area contributed by atoms with Gasteiger partial charge in [0.25, 0.3) is 0 Å². The van der Waals surface area contributed by atoms with Crippen molar-refractivity contribution in [1.82, 2.24) is 4.90 Å². The van der Waals surface area contributed by atoms with Gasteiger partial charge < -0.3 is 15.6 Å². The van der Waals surface area contributed by atoms with E-state index in [0.29, 0.717) is 17.0 Å². The van der Waals surface area contributed by atoms with Crippen LogP contribution < -0.4 is 10.5 Å². The SMILES string of the molecule is CC(C)(C)N(Cc1cc(Oc2ccccc2F)ccc1N)C(=O)O. The van der Waals surface area contributed by atoms with Gasteiger partial charge in [0.15, 0.2) is 11.6 Å². The highest BCUT2D eigenvalue weighted by Gasteiger charge is 2.26. The van der Waals surface area contributed by atoms with Crippen LogP contribution >= 0.6 is 0 Å². The van der Waals surface area contributed by atoms with Gasteiger partial charge in [-0.2, -0.15) is 0 Å². The van der Waals surface area contributed by atoms with Crippen LogP contribution in [0.15, 0.2) is 42.5 Å². The van der Waals surface area contributed by atoms with Crippen LogP contribution in [0.2, 0.25) is 0 Å². The van der Waals surface area contributed by atoms with Gasteiger partial charge >= 0.3 is 6.09 Å². The Kier molecular flexibility index (Phi) is 4.97. The first kappa shape index (κ1) is 17.6. The van der Waals surface area contributed by atoms with Crippen LogP contribution in [0.1, 0.15) is 26.3 Å². The average Bonchev–Trinajstić information content (AvgIpc) is 2.48. The lowest BCUT2D eigenvalue weighted by molar-refractivity contribution is 0.0956. The number of nitrogens with two attached hydrogens (primary N) is 1. The Bertz CT molecular complexity index is 741. The molecule has 2 aromatic rings. The van der Waals surface area contributed by atoms with E-state index in [1.165, 1.54) is 17.0 Å². The quantitative estimate of drug-likeness (QED) is 0.810. The second-order valence-corrected chi connectivity index (χ2v) is 6.43. The summed E-state index contributed by atoms with van der Waals surface area (Å²) >= 11 is 0. The molecule has 0 bridgehead atoms. The highest BCUT2D eigenvalue weighted by Crippen LogP contribution is 2.29. The van der Waals surface area contributed by atoms with Crippen molar-refractivity contribution in [2.24, 2.45) is 0 Å². The molecule has 0 saturated heterocycles. The molecular formula is C18H21FN2O3. The van der Waals surface area contributed by atoms with Gasteiger partial charge in [0.2, 0.25) is 0 Å². The standard InChI is InChI=1S/C18H21FN2O3/c1-18(2,3)21(17(22)23)11-12-10-13(8-9-15(12)20)24-16-7-5-4-6-14(16)19/h4-10H,11,20H2,1-3H3,(H,22,23). The molecule has 0 unspecified atom stereocenters. The van der Waals surface area contributed by atoms with Crippen LogP contribution in [0.5, 0.6) is 11.5 Å². The maximum atomic E-state index is 13.7. The molecule has 0 aliphatic carbocycles. The minimum absolute atomic E-state index is 0.0964. The van der Waals surface area contributed by atoms with Gasteiger partial charge in [0.1, 0.15) is 5.75 Å². The van der Waals surface area contributed by atoms with E-state index in [-0.39, 0.29) is 12.3 Å². The molecule has 2 rings (SSSR count). The van der Waals surface area contributed by atoms with Gasteiger partial charge in [-0.25, -0.2) is 9.18 Å². The van der Waals surface area contributed by atoms with Crippen LogP contribution in [0, 0.1) is 5.82 Å². The van der Waals surface area contributed by atoms with Crippen molar-refractivity contribution in [3.05, 3.63) is 53.8 Å². The maximum absolute atomic E-state index is 13.7. The van der Waals surface area contributed by atoms with Crippen LogP contribution in [-0.2, 0) is 6.54 Å². The van der Waals surface area contributed by atoms with Gasteiger partial charge in [-0.15, -0.1) is 0 Å². The van der Waals surface area contributed by atoms with Crippen LogP contribution in [0.25, 0.3) is 0 Å². The summed E-state index contributed by atoms with van der Waals surface area (Å²) in [5, 5.41) is 9.41. The number of carboxylic acid groups (broad SMARTS) is 1. The second-order valence-electron chi connectivity index (χ2n) is 6.43. The summed E-state index contributed by atoms with van der Waals surface area (Å²) in [5.41, 5.74) is 6.42. The molecule has 6 heteroatoms. The average molecular weight is 332 g/mol. The van der Waals surface area contributed by atoms with Crippen molar-refractivity contribution in [2.45, 2.75) is 32.9 Å². The number of amides is 1. The molecule has 0 aliphatic heterocycles. The Morgan fingerprint density at radius 1 is 1.25 bits per heavy atom. The highest BCUT2D eigenvalue weighted by molar-refractivity contribution is 5.66. The number of hydrogen-bond donors (Lipinski definition) is 2. The van der Waals surface area contributed by atoms with Gasteiger partial charge in [-0.1, -0.05) is 12.1 Å². The first-order valence-electron chi connectivity index (χ1n) is 7.50. The predicted octanol–water partition coefficient (Wildman–Crippen LogP) is 4.48. The van der Waals surface area contributed by atoms with E-state index in [0.717, 1.165) is 0 Å². The third kappa shape index (κ3) is 4.16. The van der Waals surface area contributed by atoms with Crippen molar-refractivity contribution in [1.29, 1.82) is 0 Å². The van der Waals surface area contributed by atoms with E-state index in [4.69, 9.17) is 10.5 Å². The minimum atomic E-state index is -1.04. The second kappa shape index (κ2) is 6.78. The number of nitrogen functional groups attached to an aromatic ring is 1. The van der Waals surface area contributed by atoms with E-state index < -0.39 is 17.4 Å². The van der Waals surface area contributed by atoms with Crippen molar-refractivity contribution in [3.8, 4) is 11.5 Å². The Morgan fingerprint density at radius 2 is 1.92 bits per heavy atom. The summed E-state index contributed by atoms with van der Waals surface area (Å²) in [7, 11) is 0. The number of halogens is 1. The van der Waals surface area contributed by atoms with Gasteiger partial charge in [0.05, 0.1) is 6.54 Å². The fourth-order valence-corrected chi connectivity index (χ4v) is 2.20. The molecule has 0 heterocycles. The number of carbonyl (C=O) groups is 1. The van der Waals surface area contributed by atoms with E-state index in [9.17, 15) is 14.3 Å². The molecule has 3 N–H and O–H groups in total. The molecule has 2 aromatic carbocycles. The summed E-state index contributed by atoms with van der Waals surface area (Å²) in [5.74, 6) is 0.0143. The molecule has 24 heavy (non-hydrogen) atoms. The van der Waals surface area contributed by atoms with Crippen molar-refractivity contribution < 1.29 is 19.0 Å². The zero-order chi connectivity index (χ0) is 17.9. The topological polar surface area (TPSA) is 75.8 Å². The molecular weight excluding hydrogens is 311 g/mol. The van der Waals surface area contributed by atoms with E-state index in [2.05, 4.69) is 0 Å². The number of rotatable bonds is 4. The van der Waals surface area contributed by atoms with Gasteiger partial charge in [-0.05, 0) is 56.7 Å². The smallest absolute Gasteiger partial charge is 0.408 e. The third-order valence-electron chi connectivity index (χ3n) is 3.55. The lowest BCUT2D eigenvalue weighted by Gasteiger charge is -2.33. The molecule has 0 saturated carbocycles. The first-order chi connectivity index (χ1) is 11.2. The maximum Gasteiger partial charge on any atom is 0.408 e. The molecule has 0 aromatic heterocycles. The van der Waals surface area contributed by atoms with Crippen molar-refractivity contribution in [2.75, 3.05) is 5.73 Å². The van der Waals surface area contributed by atoms with E-state index >= 15 is 0 Å². The predicted molar refractivity (Wildman–Crippen MR) is 90.6 cm³/mol. The summed E-state index contributed by atoms with van der Waals surface area (Å²) in [6, 6.07) is 10.9. The largest absolute Gasteiger partial charge is 0.465 e. The highest BCUT2D eigenvalue weighted by atomic mass is 19.1. The number of anilines is 1. The van der Waals surface area contributed by atoms with Gasteiger partial charge in [-0.3, -0.25) is 4.90 Å². The van der Waals surface area contributed by atoms with Crippen molar-refractivity contribution in [3.63, 3.8) is 0 Å². The molecule has 1 amide bonds. The third-order valence-corrected chi connectivity index (χ3v) is 3.55. The molecule has 0 radical (unpaired) electrons. The van der Waals surface area contributed by atoms with Crippen LogP contribution in [0.3, 0.4) is 0 Å². The first-order valence-corrected chi connectivity index (χ1v) is 7.50. The lowest BCUT2D eigenvalue weighted by atomic mass is 10.0. The number of nitrogens with zero attached hydrogens (tertiary/aromatic N) is 1. The number of benzene rings is 2. The molecule has 0 atom stereocenters. The fourth-order valence-electron chi connectivity index (χ4n) is 2.20. The lowest BCUT2D eigenvalue weighted by Crippen LogP contribution is -2.44. The Labute approximate surface area is 140 Å². The number of ether oxygens (including phenoxy) is 1. The summed E-state index contributed by atoms with van der Waals surface area (Å²) in [4.78, 5) is 12.8. The molecule has 5 nitrogen and oxygen atoms in total. The van der Waals surface area contributed by atoms with E-state index in [1.807, 2.05) is 0 Å². The van der Waals surface area contributed by atoms with Crippen LogP contribution in [0.4, 0.5) is 14.9 Å². The molecule has 0 aliphatic rings. The Balaban J connectivity index is 2.29. The molecule has 0 fully saturated rings. The summed E-state index contributed by atoms with van der Waals surface area (Å²) in [6.07, 6.45) is -1.04. The molecule has 128 valence electrons. The Hall–Kier alpha value is -2.76. The van der Waals surface area contributed by atoms with Gasteiger partial charge in [0, 0.05) is 11.2 Å². The summed E-state index contributed by atoms with van der Waals surface area (Å²) < 4.78 is 19.2. The number of hydrogen-bond acceptors (Lipinski definition) is 3. The Morgan fingerprint density at radius 3 is 2.50 bits per heavy atom. The zero-order valence-electron chi connectivity index (χ0n) is 13.9. The monoisotopic (exact) mass is 332 g/mol. The van der Waals surface area contributed by atoms with E-state index in [1.54, 1.807) is 51.1 Å². The van der Waals surface area contributed by atoms with Crippen molar-refractivity contribution >= 4 is 11.8 Å². The minimum Gasteiger partial charge on any atom is -0.465 e. The normalized spacial score (nSPS) is 11.2. The number of para-hydroxylation sites is 1. The summed E-state index contributed by atoms with van der Waals surface area (Å²) in [6.45, 7) is 5.52. The zero-order valence-corrected chi connectivity index (χ0v) is 13.9.